The van der Waals surface area contributed by atoms with Crippen LogP contribution in [0.25, 0.3) is 6.08 Å². The summed E-state index contributed by atoms with van der Waals surface area (Å²) in [5.74, 6) is 0.469. The van der Waals surface area contributed by atoms with Gasteiger partial charge in [-0.05, 0) is 36.1 Å². The van der Waals surface area contributed by atoms with Crippen LogP contribution in [0.15, 0.2) is 54.3 Å². The average Bonchev–Trinajstić information content (AvgIpc) is 2.78. The van der Waals surface area contributed by atoms with Crippen LogP contribution >= 0.6 is 0 Å². The van der Waals surface area contributed by atoms with Crippen LogP contribution < -0.4 is 5.32 Å². The first-order valence-corrected chi connectivity index (χ1v) is 10.2. The summed E-state index contributed by atoms with van der Waals surface area (Å²) in [5.41, 5.74) is 3.70. The van der Waals surface area contributed by atoms with Gasteiger partial charge in [-0.2, -0.15) is 0 Å². The highest BCUT2D eigenvalue weighted by Gasteiger charge is 2.19. The van der Waals surface area contributed by atoms with Gasteiger partial charge in [0.1, 0.15) is 5.82 Å². The number of pyridine rings is 1. The maximum absolute atomic E-state index is 12.6. The summed E-state index contributed by atoms with van der Waals surface area (Å²) in [6.45, 7) is 1.05. The molecule has 1 N–H and O–H groups in total. The number of rotatable bonds is 5. The Bertz CT molecular complexity index is 1110. The maximum Gasteiger partial charge on any atom is 0.272 e. The standard InChI is InChI=1S/C23H22N4O4/c28-21-7-6-19-14-17(15-24-23(19)25-21)5-8-22(29)26-11-9-16(10-12-26)13-18-3-1-2-4-20(18)27(30)31/h1-5,8-9,14-15H,6-7,10-13H2,(H,24,25,28). The van der Waals surface area contributed by atoms with Crippen LogP contribution in [0.1, 0.15) is 29.5 Å². The minimum absolute atomic E-state index is 0.0298. The fourth-order valence-electron chi connectivity index (χ4n) is 3.79. The van der Waals surface area contributed by atoms with E-state index in [2.05, 4.69) is 10.3 Å². The van der Waals surface area contributed by atoms with Gasteiger partial charge in [-0.25, -0.2) is 4.98 Å². The van der Waals surface area contributed by atoms with E-state index in [1.807, 2.05) is 12.1 Å². The first-order chi connectivity index (χ1) is 15.0. The van der Waals surface area contributed by atoms with Gasteiger partial charge < -0.3 is 10.2 Å². The number of benzene rings is 1. The highest BCUT2D eigenvalue weighted by molar-refractivity contribution is 5.94. The predicted molar refractivity (Wildman–Crippen MR) is 116 cm³/mol. The summed E-state index contributed by atoms with van der Waals surface area (Å²) in [5, 5.41) is 13.9. The van der Waals surface area contributed by atoms with Crippen LogP contribution in [0, 0.1) is 10.1 Å². The first-order valence-electron chi connectivity index (χ1n) is 10.2. The molecule has 1 aromatic heterocycles. The number of carbonyl (C=O) groups excluding carboxylic acids is 2. The van der Waals surface area contributed by atoms with Crippen molar-refractivity contribution in [2.24, 2.45) is 0 Å². The molecule has 8 nitrogen and oxygen atoms in total. The van der Waals surface area contributed by atoms with Gasteiger partial charge in [0.2, 0.25) is 11.8 Å². The van der Waals surface area contributed by atoms with Gasteiger partial charge in [-0.1, -0.05) is 29.8 Å². The molecule has 2 amide bonds. The second-order valence-electron chi connectivity index (χ2n) is 7.62. The Labute approximate surface area is 179 Å². The van der Waals surface area contributed by atoms with Crippen molar-refractivity contribution in [3.63, 3.8) is 0 Å². The van der Waals surface area contributed by atoms with Crippen LogP contribution in [-0.4, -0.2) is 39.7 Å². The highest BCUT2D eigenvalue weighted by Crippen LogP contribution is 2.24. The van der Waals surface area contributed by atoms with Gasteiger partial charge in [0.25, 0.3) is 5.69 Å². The zero-order valence-electron chi connectivity index (χ0n) is 16.9. The predicted octanol–water partition coefficient (Wildman–Crippen LogP) is 3.29. The molecule has 3 heterocycles. The second kappa shape index (κ2) is 8.91. The van der Waals surface area contributed by atoms with Gasteiger partial charge in [0.05, 0.1) is 4.92 Å². The van der Waals surface area contributed by atoms with E-state index in [1.165, 1.54) is 12.1 Å². The van der Waals surface area contributed by atoms with E-state index >= 15 is 0 Å². The molecule has 2 aliphatic rings. The minimum Gasteiger partial charge on any atom is -0.335 e. The number of para-hydroxylation sites is 1. The smallest absolute Gasteiger partial charge is 0.272 e. The van der Waals surface area contributed by atoms with Crippen molar-refractivity contribution in [2.75, 3.05) is 18.4 Å². The quantitative estimate of drug-likeness (QED) is 0.347. The molecule has 0 spiro atoms. The highest BCUT2D eigenvalue weighted by atomic mass is 16.6. The number of fused-ring (bicyclic) bond motifs is 1. The van der Waals surface area contributed by atoms with Crippen LogP contribution in [0.2, 0.25) is 0 Å². The number of aromatic nitrogens is 1. The third-order valence-corrected chi connectivity index (χ3v) is 5.51. The average molecular weight is 418 g/mol. The lowest BCUT2D eigenvalue weighted by Gasteiger charge is -2.25. The number of nitrogens with one attached hydrogen (secondary N) is 1. The van der Waals surface area contributed by atoms with Crippen molar-refractivity contribution in [3.8, 4) is 0 Å². The largest absolute Gasteiger partial charge is 0.335 e. The first kappa shape index (κ1) is 20.5. The molecule has 2 aliphatic heterocycles. The van der Waals surface area contributed by atoms with Crippen LogP contribution in [0.4, 0.5) is 11.5 Å². The zero-order chi connectivity index (χ0) is 21.8. The van der Waals surface area contributed by atoms with E-state index in [0.717, 1.165) is 16.7 Å². The normalized spacial score (nSPS) is 15.9. The van der Waals surface area contributed by atoms with E-state index in [-0.39, 0.29) is 22.4 Å². The Balaban J connectivity index is 1.37. The Morgan fingerprint density at radius 1 is 1.26 bits per heavy atom. The van der Waals surface area contributed by atoms with Crippen molar-refractivity contribution in [2.45, 2.75) is 25.7 Å². The Morgan fingerprint density at radius 2 is 2.10 bits per heavy atom. The molecule has 0 saturated carbocycles. The topological polar surface area (TPSA) is 105 Å². The number of nitro groups is 1. The molecule has 0 radical (unpaired) electrons. The second-order valence-corrected chi connectivity index (χ2v) is 7.62. The molecule has 4 rings (SSSR count). The minimum atomic E-state index is -0.358. The molecule has 158 valence electrons. The van der Waals surface area contributed by atoms with Crippen LogP contribution in [0.3, 0.4) is 0 Å². The maximum atomic E-state index is 12.6. The number of carbonyl (C=O) groups is 2. The van der Waals surface area contributed by atoms with Crippen molar-refractivity contribution >= 4 is 29.4 Å². The van der Waals surface area contributed by atoms with Gasteiger partial charge in [0.15, 0.2) is 0 Å². The summed E-state index contributed by atoms with van der Waals surface area (Å²) in [7, 11) is 0. The fourth-order valence-corrected chi connectivity index (χ4v) is 3.79. The molecule has 0 bridgehead atoms. The fraction of sp³-hybridized carbons (Fsp3) is 0.261. The molecule has 1 aromatic carbocycles. The number of anilines is 1. The van der Waals surface area contributed by atoms with Crippen molar-refractivity contribution in [1.29, 1.82) is 0 Å². The van der Waals surface area contributed by atoms with E-state index in [0.29, 0.717) is 50.2 Å². The lowest BCUT2D eigenvalue weighted by atomic mass is 9.98. The van der Waals surface area contributed by atoms with Gasteiger partial charge in [0, 0.05) is 49.8 Å². The van der Waals surface area contributed by atoms with Gasteiger partial charge >= 0.3 is 0 Å². The van der Waals surface area contributed by atoms with Crippen molar-refractivity contribution in [1.82, 2.24) is 9.88 Å². The number of hydrogen-bond acceptors (Lipinski definition) is 5. The molecular weight excluding hydrogens is 396 g/mol. The zero-order valence-corrected chi connectivity index (χ0v) is 16.9. The third kappa shape index (κ3) is 4.85. The molecule has 0 unspecified atom stereocenters. The van der Waals surface area contributed by atoms with Crippen LogP contribution in [-0.2, 0) is 22.4 Å². The third-order valence-electron chi connectivity index (χ3n) is 5.51. The van der Waals surface area contributed by atoms with Gasteiger partial charge in [-0.15, -0.1) is 0 Å². The Hall–Kier alpha value is -3.81. The molecule has 0 atom stereocenters. The monoisotopic (exact) mass is 418 g/mol. The summed E-state index contributed by atoms with van der Waals surface area (Å²) >= 11 is 0. The van der Waals surface area contributed by atoms with Crippen molar-refractivity contribution < 1.29 is 14.5 Å². The van der Waals surface area contributed by atoms with E-state index < -0.39 is 0 Å². The molecule has 0 saturated heterocycles. The lowest BCUT2D eigenvalue weighted by Crippen LogP contribution is -2.33. The summed E-state index contributed by atoms with van der Waals surface area (Å²) in [6, 6.07) is 8.69. The number of amides is 2. The lowest BCUT2D eigenvalue weighted by molar-refractivity contribution is -0.385. The number of nitro benzene ring substituents is 1. The summed E-state index contributed by atoms with van der Waals surface area (Å²) < 4.78 is 0. The number of hydrogen-bond donors (Lipinski definition) is 1. The molecule has 0 aliphatic carbocycles. The molecule has 0 fully saturated rings. The molecular formula is C23H22N4O4. The molecule has 31 heavy (non-hydrogen) atoms. The van der Waals surface area contributed by atoms with E-state index in [9.17, 15) is 19.7 Å². The SMILES string of the molecule is O=C1CCc2cc(C=CC(=O)N3CC=C(Cc4ccccc4[N+](=O)[O-])CC3)cnc2N1. The van der Waals surface area contributed by atoms with Crippen molar-refractivity contribution in [3.05, 3.63) is 81.1 Å². The molecule has 8 heteroatoms. The number of nitrogens with zero attached hydrogens (tertiary/aromatic N) is 3. The van der Waals surface area contributed by atoms with Crippen LogP contribution in [0.5, 0.6) is 0 Å². The summed E-state index contributed by atoms with van der Waals surface area (Å²) in [6.07, 6.45) is 9.17. The van der Waals surface area contributed by atoms with Gasteiger partial charge in [-0.3, -0.25) is 19.7 Å². The summed E-state index contributed by atoms with van der Waals surface area (Å²) in [4.78, 5) is 40.8. The van der Waals surface area contributed by atoms with E-state index in [1.54, 1.807) is 35.4 Å². The Kier molecular flexibility index (Phi) is 5.88. The molecule has 2 aromatic rings. The van der Waals surface area contributed by atoms with E-state index in [4.69, 9.17) is 0 Å². The Morgan fingerprint density at radius 3 is 2.87 bits per heavy atom. The number of aryl methyl sites for hydroxylation is 1.